The van der Waals surface area contributed by atoms with Crippen molar-refractivity contribution in [3.05, 3.63) is 69.3 Å². The van der Waals surface area contributed by atoms with Gasteiger partial charge >= 0.3 is 5.97 Å². The molecule has 8 nitrogen and oxygen atoms in total. The molecule has 0 radical (unpaired) electrons. The SMILES string of the molecule is CCOC(=O)COCC1CCCN1NC(=O)c1nn(-c2ccc(Cl)cc2Cl)c(-c2ccc(C)cc2)c1C. The van der Waals surface area contributed by atoms with Crippen molar-refractivity contribution in [2.45, 2.75) is 39.7 Å². The lowest BCUT2D eigenvalue weighted by Crippen LogP contribution is -2.47. The van der Waals surface area contributed by atoms with Gasteiger partial charge in [-0.15, -0.1) is 0 Å². The molecule has 4 rings (SSSR count). The average molecular weight is 545 g/mol. The fourth-order valence-electron chi connectivity index (χ4n) is 4.41. The van der Waals surface area contributed by atoms with Crippen LogP contribution in [0.3, 0.4) is 0 Å². The van der Waals surface area contributed by atoms with Gasteiger partial charge in [0.25, 0.3) is 5.91 Å². The van der Waals surface area contributed by atoms with Crippen LogP contribution in [0.2, 0.25) is 10.0 Å². The van der Waals surface area contributed by atoms with Crippen LogP contribution in [-0.2, 0) is 14.3 Å². The molecule has 1 atom stereocenters. The Labute approximate surface area is 226 Å². The molecule has 37 heavy (non-hydrogen) atoms. The second kappa shape index (κ2) is 12.1. The lowest BCUT2D eigenvalue weighted by molar-refractivity contribution is -0.149. The zero-order valence-electron chi connectivity index (χ0n) is 21.1. The number of amides is 1. The third kappa shape index (κ3) is 6.33. The van der Waals surface area contributed by atoms with E-state index in [0.29, 0.717) is 41.2 Å². The first-order valence-corrected chi connectivity index (χ1v) is 13.0. The van der Waals surface area contributed by atoms with Crippen LogP contribution in [0.5, 0.6) is 0 Å². The van der Waals surface area contributed by atoms with Crippen LogP contribution in [0, 0.1) is 13.8 Å². The first-order valence-electron chi connectivity index (χ1n) is 12.2. The first-order chi connectivity index (χ1) is 17.8. The van der Waals surface area contributed by atoms with Crippen molar-refractivity contribution in [3.8, 4) is 16.9 Å². The molecule has 1 fully saturated rings. The molecule has 0 saturated carbocycles. The Morgan fingerprint density at radius 1 is 1.14 bits per heavy atom. The van der Waals surface area contributed by atoms with Gasteiger partial charge in [0.05, 0.1) is 35.7 Å². The molecule has 3 aromatic rings. The summed E-state index contributed by atoms with van der Waals surface area (Å²) in [6.45, 7) is 6.82. The van der Waals surface area contributed by atoms with E-state index in [4.69, 9.17) is 37.8 Å². The lowest BCUT2D eigenvalue weighted by atomic mass is 10.0. The summed E-state index contributed by atoms with van der Waals surface area (Å²) in [6, 6.07) is 13.2. The van der Waals surface area contributed by atoms with Crippen molar-refractivity contribution in [3.63, 3.8) is 0 Å². The number of carbonyl (C=O) groups is 2. The number of halogens is 2. The monoisotopic (exact) mass is 544 g/mol. The van der Waals surface area contributed by atoms with Crippen molar-refractivity contribution in [2.24, 2.45) is 0 Å². The number of hydrogen-bond acceptors (Lipinski definition) is 6. The van der Waals surface area contributed by atoms with Crippen LogP contribution in [0.25, 0.3) is 16.9 Å². The van der Waals surface area contributed by atoms with E-state index in [1.165, 1.54) is 0 Å². The zero-order valence-corrected chi connectivity index (χ0v) is 22.6. The smallest absolute Gasteiger partial charge is 0.332 e. The summed E-state index contributed by atoms with van der Waals surface area (Å²) in [5, 5.41) is 7.49. The number of benzene rings is 2. The highest BCUT2D eigenvalue weighted by molar-refractivity contribution is 6.35. The van der Waals surface area contributed by atoms with Gasteiger partial charge in [-0.1, -0.05) is 53.0 Å². The predicted molar refractivity (Wildman–Crippen MR) is 143 cm³/mol. The molecular weight excluding hydrogens is 515 g/mol. The molecule has 2 aromatic carbocycles. The third-order valence-electron chi connectivity index (χ3n) is 6.26. The van der Waals surface area contributed by atoms with E-state index in [2.05, 4.69) is 5.43 Å². The van der Waals surface area contributed by atoms with E-state index in [0.717, 1.165) is 35.2 Å². The number of ether oxygens (including phenoxy) is 2. The number of nitrogens with one attached hydrogen (secondary N) is 1. The number of carbonyl (C=O) groups excluding carboxylic acids is 2. The molecule has 1 aliphatic heterocycles. The number of rotatable bonds is 9. The Hall–Kier alpha value is -2.91. The Morgan fingerprint density at radius 2 is 1.89 bits per heavy atom. The average Bonchev–Trinajstić information content (AvgIpc) is 3.43. The predicted octanol–water partition coefficient (Wildman–Crippen LogP) is 5.15. The summed E-state index contributed by atoms with van der Waals surface area (Å²) in [5.74, 6) is -0.728. The highest BCUT2D eigenvalue weighted by atomic mass is 35.5. The number of hydrogen-bond donors (Lipinski definition) is 1. The Kier molecular flexibility index (Phi) is 8.87. The molecule has 0 aliphatic carbocycles. The number of nitrogens with zero attached hydrogens (tertiary/aromatic N) is 3. The Balaban J connectivity index is 1.60. The van der Waals surface area contributed by atoms with Crippen LogP contribution in [-0.4, -0.2) is 59.1 Å². The van der Waals surface area contributed by atoms with Crippen LogP contribution in [0.15, 0.2) is 42.5 Å². The van der Waals surface area contributed by atoms with Gasteiger partial charge in [0.1, 0.15) is 6.61 Å². The minimum Gasteiger partial charge on any atom is -0.464 e. The van der Waals surface area contributed by atoms with Crippen LogP contribution >= 0.6 is 23.2 Å². The van der Waals surface area contributed by atoms with Crippen LogP contribution < -0.4 is 5.43 Å². The second-order valence-corrected chi connectivity index (χ2v) is 9.79. The summed E-state index contributed by atoms with van der Waals surface area (Å²) in [5.41, 5.74) is 7.43. The van der Waals surface area contributed by atoms with Gasteiger partial charge in [-0.2, -0.15) is 5.10 Å². The molecule has 1 saturated heterocycles. The second-order valence-electron chi connectivity index (χ2n) is 8.95. The Bertz CT molecular complexity index is 1280. The van der Waals surface area contributed by atoms with Gasteiger partial charge < -0.3 is 9.47 Å². The summed E-state index contributed by atoms with van der Waals surface area (Å²) in [4.78, 5) is 25.0. The highest BCUT2D eigenvalue weighted by Crippen LogP contribution is 2.33. The van der Waals surface area contributed by atoms with Gasteiger partial charge in [-0.25, -0.2) is 14.5 Å². The van der Waals surface area contributed by atoms with Gasteiger partial charge in [0.2, 0.25) is 0 Å². The summed E-state index contributed by atoms with van der Waals surface area (Å²) >= 11 is 12.7. The van der Waals surface area contributed by atoms with Crippen LogP contribution in [0.1, 0.15) is 41.4 Å². The highest BCUT2D eigenvalue weighted by Gasteiger charge is 2.29. The molecule has 0 spiro atoms. The van der Waals surface area contributed by atoms with Crippen molar-refractivity contribution >= 4 is 35.1 Å². The topological polar surface area (TPSA) is 85.7 Å². The standard InChI is InChI=1S/C27H30Cl2N4O4/c1-4-37-24(34)16-36-15-21-6-5-13-32(21)31-27(35)25-18(3)26(19-9-7-17(2)8-10-19)33(30-25)23-12-11-20(28)14-22(23)29/h7-12,14,21H,4-6,13,15-16H2,1-3H3,(H,31,35). The molecular formula is C27H30Cl2N4O4. The molecule has 1 amide bonds. The van der Waals surface area contributed by atoms with E-state index in [1.807, 2.05) is 43.1 Å². The number of hydrazine groups is 1. The number of aryl methyl sites for hydroxylation is 1. The van der Waals surface area contributed by atoms with Gasteiger partial charge in [-0.05, 0) is 51.8 Å². The van der Waals surface area contributed by atoms with Crippen molar-refractivity contribution in [2.75, 3.05) is 26.4 Å². The van der Waals surface area contributed by atoms with Gasteiger partial charge in [0, 0.05) is 22.7 Å². The molecule has 1 aromatic heterocycles. The van der Waals surface area contributed by atoms with Crippen molar-refractivity contribution in [1.29, 1.82) is 0 Å². The summed E-state index contributed by atoms with van der Waals surface area (Å²) < 4.78 is 12.1. The fourth-order valence-corrected chi connectivity index (χ4v) is 4.90. The number of esters is 1. The van der Waals surface area contributed by atoms with E-state index in [9.17, 15) is 9.59 Å². The van der Waals surface area contributed by atoms with E-state index in [-0.39, 0.29) is 18.6 Å². The number of aromatic nitrogens is 2. The van der Waals surface area contributed by atoms with Crippen molar-refractivity contribution < 1.29 is 19.1 Å². The van der Waals surface area contributed by atoms with Crippen molar-refractivity contribution in [1.82, 2.24) is 20.2 Å². The Morgan fingerprint density at radius 3 is 2.59 bits per heavy atom. The largest absolute Gasteiger partial charge is 0.464 e. The maximum Gasteiger partial charge on any atom is 0.332 e. The normalized spacial score (nSPS) is 15.6. The lowest BCUT2D eigenvalue weighted by Gasteiger charge is -2.24. The fraction of sp³-hybridized carbons (Fsp3) is 0.370. The zero-order chi connectivity index (χ0) is 26.5. The minimum absolute atomic E-state index is 0.0527. The molecule has 196 valence electrons. The van der Waals surface area contributed by atoms with E-state index in [1.54, 1.807) is 29.8 Å². The maximum atomic E-state index is 13.5. The van der Waals surface area contributed by atoms with Crippen LogP contribution in [0.4, 0.5) is 0 Å². The van der Waals surface area contributed by atoms with E-state index < -0.39 is 5.97 Å². The summed E-state index contributed by atoms with van der Waals surface area (Å²) in [6.07, 6.45) is 1.74. The molecule has 1 unspecified atom stereocenters. The molecule has 10 heteroatoms. The maximum absolute atomic E-state index is 13.5. The first kappa shape index (κ1) is 27.1. The molecule has 1 N–H and O–H groups in total. The quantitative estimate of drug-likeness (QED) is 0.375. The third-order valence-corrected chi connectivity index (χ3v) is 6.80. The minimum atomic E-state index is -0.401. The van der Waals surface area contributed by atoms with E-state index >= 15 is 0 Å². The molecule has 0 bridgehead atoms. The van der Waals surface area contributed by atoms with Gasteiger partial charge in [-0.3, -0.25) is 10.2 Å². The molecule has 2 heterocycles. The summed E-state index contributed by atoms with van der Waals surface area (Å²) in [7, 11) is 0. The molecule has 1 aliphatic rings. The van der Waals surface area contributed by atoms with Gasteiger partial charge in [0.15, 0.2) is 5.69 Å².